The molecular formula is C20H16N4O4S. The Morgan fingerprint density at radius 3 is 2.76 bits per heavy atom. The average molecular weight is 408 g/mol. The second-order valence-corrected chi connectivity index (χ2v) is 7.51. The summed E-state index contributed by atoms with van der Waals surface area (Å²) in [6, 6.07) is 11.9. The minimum Gasteiger partial charge on any atom is -0.395 e. The van der Waals surface area contributed by atoms with E-state index in [9.17, 15) is 14.9 Å². The van der Waals surface area contributed by atoms with Crippen molar-refractivity contribution in [1.82, 2.24) is 9.97 Å². The number of anilines is 1. The van der Waals surface area contributed by atoms with Gasteiger partial charge in [-0.3, -0.25) is 24.8 Å². The van der Waals surface area contributed by atoms with Crippen LogP contribution in [0.25, 0.3) is 10.2 Å². The topological polar surface area (TPSA) is 102 Å². The molecule has 0 bridgehead atoms. The number of nitrogens with zero attached hydrogens (tertiary/aromatic N) is 4. The summed E-state index contributed by atoms with van der Waals surface area (Å²) in [5.41, 5.74) is 3.61. The van der Waals surface area contributed by atoms with Gasteiger partial charge >= 0.3 is 5.88 Å². The maximum atomic E-state index is 13.2. The number of aryl methyl sites for hydroxylation is 2. The molecule has 146 valence electrons. The summed E-state index contributed by atoms with van der Waals surface area (Å²) in [5, 5.41) is 11.4. The van der Waals surface area contributed by atoms with Crippen LogP contribution >= 0.6 is 11.3 Å². The fraction of sp³-hybridized carbons (Fsp3) is 0.150. The molecule has 0 fully saturated rings. The number of thiazole rings is 1. The molecular weight excluding hydrogens is 392 g/mol. The number of fused-ring (bicyclic) bond motifs is 1. The van der Waals surface area contributed by atoms with E-state index in [1.54, 1.807) is 18.3 Å². The molecule has 3 aromatic heterocycles. The zero-order valence-electron chi connectivity index (χ0n) is 15.7. The number of nitro groups is 1. The first-order chi connectivity index (χ1) is 13.9. The molecule has 0 aliphatic rings. The maximum Gasteiger partial charge on any atom is 0.433 e. The fourth-order valence-electron chi connectivity index (χ4n) is 3.03. The number of rotatable bonds is 5. The Balaban J connectivity index is 1.78. The van der Waals surface area contributed by atoms with Crippen molar-refractivity contribution in [3.63, 3.8) is 0 Å². The lowest BCUT2D eigenvalue weighted by Crippen LogP contribution is -2.30. The van der Waals surface area contributed by atoms with E-state index >= 15 is 0 Å². The summed E-state index contributed by atoms with van der Waals surface area (Å²) in [5.74, 6) is -1.13. The summed E-state index contributed by atoms with van der Waals surface area (Å²) in [4.78, 5) is 33.8. The number of hydrogen-bond acceptors (Lipinski definition) is 7. The van der Waals surface area contributed by atoms with Crippen LogP contribution in [0.1, 0.15) is 27.4 Å². The second kappa shape index (κ2) is 7.44. The lowest BCUT2D eigenvalue weighted by molar-refractivity contribution is -0.402. The van der Waals surface area contributed by atoms with Gasteiger partial charge in [-0.05, 0) is 49.2 Å². The molecule has 0 unspecified atom stereocenters. The highest BCUT2D eigenvalue weighted by Gasteiger charge is 2.27. The lowest BCUT2D eigenvalue weighted by Gasteiger charge is -2.18. The van der Waals surface area contributed by atoms with Gasteiger partial charge in [0.1, 0.15) is 4.92 Å². The van der Waals surface area contributed by atoms with E-state index in [2.05, 4.69) is 16.0 Å². The number of carbonyl (C=O) groups excluding carboxylic acids is 1. The van der Waals surface area contributed by atoms with Crippen LogP contribution in [0.3, 0.4) is 0 Å². The van der Waals surface area contributed by atoms with E-state index in [-0.39, 0.29) is 12.3 Å². The zero-order chi connectivity index (χ0) is 20.5. The van der Waals surface area contributed by atoms with Crippen molar-refractivity contribution >= 4 is 38.5 Å². The Hall–Kier alpha value is -3.59. The van der Waals surface area contributed by atoms with Gasteiger partial charge in [0.2, 0.25) is 0 Å². The van der Waals surface area contributed by atoms with Crippen molar-refractivity contribution in [3.05, 3.63) is 81.4 Å². The quantitative estimate of drug-likeness (QED) is 0.352. The summed E-state index contributed by atoms with van der Waals surface area (Å²) >= 11 is 1.39. The van der Waals surface area contributed by atoms with Crippen LogP contribution in [0, 0.1) is 24.0 Å². The van der Waals surface area contributed by atoms with Gasteiger partial charge in [-0.15, -0.1) is 0 Å². The molecule has 29 heavy (non-hydrogen) atoms. The largest absolute Gasteiger partial charge is 0.433 e. The van der Waals surface area contributed by atoms with E-state index < -0.39 is 16.7 Å². The van der Waals surface area contributed by atoms with Crippen molar-refractivity contribution in [3.8, 4) is 0 Å². The van der Waals surface area contributed by atoms with Crippen LogP contribution in [0.4, 0.5) is 11.0 Å². The van der Waals surface area contributed by atoms with E-state index in [1.807, 2.05) is 26.0 Å². The first kappa shape index (κ1) is 18.8. The predicted octanol–water partition coefficient (Wildman–Crippen LogP) is 4.66. The Labute approximate surface area is 169 Å². The van der Waals surface area contributed by atoms with Crippen LogP contribution in [0.2, 0.25) is 0 Å². The second-order valence-electron chi connectivity index (χ2n) is 6.53. The fourth-order valence-corrected chi connectivity index (χ4v) is 4.05. The van der Waals surface area contributed by atoms with Gasteiger partial charge in [-0.1, -0.05) is 23.5 Å². The SMILES string of the molecule is Cc1cc(C)c2sc(N(Cc3ccccn3)C(=O)c3ccc([N+](=O)[O-])o3)nc2c1. The minimum absolute atomic E-state index is 0.125. The lowest BCUT2D eigenvalue weighted by atomic mass is 10.1. The molecule has 8 nitrogen and oxygen atoms in total. The minimum atomic E-state index is -0.677. The van der Waals surface area contributed by atoms with E-state index in [0.29, 0.717) is 10.8 Å². The normalized spacial score (nSPS) is 11.0. The number of pyridine rings is 1. The van der Waals surface area contributed by atoms with E-state index in [4.69, 9.17) is 4.42 Å². The van der Waals surface area contributed by atoms with Crippen molar-refractivity contribution in [2.24, 2.45) is 0 Å². The molecule has 0 spiro atoms. The number of amides is 1. The number of aromatic nitrogens is 2. The predicted molar refractivity (Wildman–Crippen MR) is 109 cm³/mol. The molecule has 0 aliphatic heterocycles. The van der Waals surface area contributed by atoms with E-state index in [1.165, 1.54) is 22.3 Å². The van der Waals surface area contributed by atoms with Gasteiger partial charge in [-0.25, -0.2) is 4.98 Å². The molecule has 3 heterocycles. The standard InChI is InChI=1S/C20H16N4O4S/c1-12-9-13(2)18-15(10-12)22-20(29-18)23(11-14-5-3-4-8-21-14)19(25)16-6-7-17(28-16)24(26)27/h3-10H,11H2,1-2H3. The highest BCUT2D eigenvalue weighted by Crippen LogP contribution is 2.33. The molecule has 0 aliphatic carbocycles. The Morgan fingerprint density at radius 1 is 1.24 bits per heavy atom. The Kier molecular flexibility index (Phi) is 4.81. The van der Waals surface area contributed by atoms with Gasteiger partial charge in [0.25, 0.3) is 5.91 Å². The van der Waals surface area contributed by atoms with E-state index in [0.717, 1.165) is 27.4 Å². The van der Waals surface area contributed by atoms with Crippen LogP contribution in [0.5, 0.6) is 0 Å². The van der Waals surface area contributed by atoms with Crippen molar-refractivity contribution in [1.29, 1.82) is 0 Å². The van der Waals surface area contributed by atoms with Crippen LogP contribution in [0.15, 0.2) is 53.1 Å². The van der Waals surface area contributed by atoms with Gasteiger partial charge in [0.05, 0.1) is 28.5 Å². The molecule has 1 aromatic carbocycles. The van der Waals surface area contributed by atoms with Crippen LogP contribution < -0.4 is 4.90 Å². The van der Waals surface area contributed by atoms with Gasteiger partial charge in [0, 0.05) is 6.20 Å². The molecule has 0 atom stereocenters. The first-order valence-corrected chi connectivity index (χ1v) is 9.58. The average Bonchev–Trinajstić information content (AvgIpc) is 3.34. The molecule has 0 saturated heterocycles. The molecule has 0 N–H and O–H groups in total. The third kappa shape index (κ3) is 3.72. The molecule has 0 saturated carbocycles. The summed E-state index contributed by atoms with van der Waals surface area (Å²) < 4.78 is 6.11. The third-order valence-electron chi connectivity index (χ3n) is 4.31. The van der Waals surface area contributed by atoms with Crippen LogP contribution in [-0.2, 0) is 6.54 Å². The number of carbonyl (C=O) groups is 1. The van der Waals surface area contributed by atoms with Gasteiger partial charge in [0.15, 0.2) is 10.9 Å². The number of hydrogen-bond donors (Lipinski definition) is 0. The molecule has 4 aromatic rings. The molecule has 0 radical (unpaired) electrons. The number of benzene rings is 1. The highest BCUT2D eigenvalue weighted by molar-refractivity contribution is 7.22. The third-order valence-corrected chi connectivity index (χ3v) is 5.54. The Morgan fingerprint density at radius 2 is 2.07 bits per heavy atom. The monoisotopic (exact) mass is 408 g/mol. The number of furan rings is 1. The highest BCUT2D eigenvalue weighted by atomic mass is 32.1. The van der Waals surface area contributed by atoms with Crippen LogP contribution in [-0.4, -0.2) is 20.8 Å². The van der Waals surface area contributed by atoms with Gasteiger partial charge < -0.3 is 4.42 Å². The smallest absolute Gasteiger partial charge is 0.395 e. The van der Waals surface area contributed by atoms with Gasteiger partial charge in [-0.2, -0.15) is 0 Å². The molecule has 4 rings (SSSR count). The summed E-state index contributed by atoms with van der Waals surface area (Å²) in [6.07, 6.45) is 1.64. The Bertz CT molecular complexity index is 1220. The van der Waals surface area contributed by atoms with Crippen molar-refractivity contribution in [2.45, 2.75) is 20.4 Å². The first-order valence-electron chi connectivity index (χ1n) is 8.76. The summed E-state index contributed by atoms with van der Waals surface area (Å²) in [6.45, 7) is 4.15. The summed E-state index contributed by atoms with van der Waals surface area (Å²) in [7, 11) is 0. The molecule has 9 heteroatoms. The zero-order valence-corrected chi connectivity index (χ0v) is 16.5. The molecule has 1 amide bonds. The van der Waals surface area contributed by atoms with Crippen molar-refractivity contribution < 1.29 is 14.1 Å². The van der Waals surface area contributed by atoms with Crippen molar-refractivity contribution in [2.75, 3.05) is 4.90 Å². The maximum absolute atomic E-state index is 13.2.